The average molecular weight is 290 g/mol. The van der Waals surface area contributed by atoms with E-state index in [1.54, 1.807) is 24.4 Å². The maximum absolute atomic E-state index is 11.7. The lowest BCUT2D eigenvalue weighted by atomic mass is 10.3. The number of anilines is 1. The average Bonchev–Trinajstić information content (AvgIpc) is 2.45. The monoisotopic (exact) mass is 289 g/mol. The molecule has 5 heteroatoms. The molecule has 0 aliphatic carbocycles. The van der Waals surface area contributed by atoms with Gasteiger partial charge >= 0.3 is 0 Å². The lowest BCUT2D eigenvalue weighted by Crippen LogP contribution is -2.21. The number of hydrogen-bond acceptors (Lipinski definition) is 3. The van der Waals surface area contributed by atoms with Gasteiger partial charge in [0.2, 0.25) is 5.91 Å². The van der Waals surface area contributed by atoms with Gasteiger partial charge in [-0.1, -0.05) is 23.7 Å². The number of benzene rings is 1. The molecule has 0 saturated heterocycles. The van der Waals surface area contributed by atoms with Crippen LogP contribution in [-0.2, 0) is 11.3 Å². The van der Waals surface area contributed by atoms with E-state index in [1.807, 2.05) is 24.3 Å². The Kier molecular flexibility index (Phi) is 5.53. The van der Waals surface area contributed by atoms with Crippen molar-refractivity contribution in [2.75, 3.05) is 11.9 Å². The molecule has 0 saturated carbocycles. The van der Waals surface area contributed by atoms with E-state index in [0.29, 0.717) is 30.2 Å². The summed E-state index contributed by atoms with van der Waals surface area (Å²) >= 11 is 5.85. The van der Waals surface area contributed by atoms with Crippen molar-refractivity contribution in [1.29, 1.82) is 0 Å². The second kappa shape index (κ2) is 7.62. The second-order valence-corrected chi connectivity index (χ2v) is 4.74. The third-order valence-corrected chi connectivity index (χ3v) is 2.90. The molecule has 2 aromatic rings. The van der Waals surface area contributed by atoms with Gasteiger partial charge in [-0.25, -0.2) is 0 Å². The van der Waals surface area contributed by atoms with Crippen LogP contribution < -0.4 is 10.6 Å². The molecule has 4 nitrogen and oxygen atoms in total. The summed E-state index contributed by atoms with van der Waals surface area (Å²) in [5, 5.41) is 6.59. The summed E-state index contributed by atoms with van der Waals surface area (Å²) < 4.78 is 0. The molecule has 0 radical (unpaired) electrons. The van der Waals surface area contributed by atoms with Gasteiger partial charge in [0.1, 0.15) is 0 Å². The number of halogens is 1. The lowest BCUT2D eigenvalue weighted by molar-refractivity contribution is -0.116. The van der Waals surface area contributed by atoms with Crippen LogP contribution in [0, 0.1) is 0 Å². The van der Waals surface area contributed by atoms with Gasteiger partial charge in [0.05, 0.1) is 5.69 Å². The molecule has 1 heterocycles. The number of carbonyl (C=O) groups excluding carboxylic acids is 1. The summed E-state index contributed by atoms with van der Waals surface area (Å²) in [5.41, 5.74) is 1.68. The summed E-state index contributed by atoms with van der Waals surface area (Å²) in [6.45, 7) is 1.26. The molecule has 1 amide bonds. The van der Waals surface area contributed by atoms with Crippen molar-refractivity contribution in [3.63, 3.8) is 0 Å². The lowest BCUT2D eigenvalue weighted by Gasteiger charge is -2.06. The summed E-state index contributed by atoms with van der Waals surface area (Å²) in [6.07, 6.45) is 2.15. The van der Waals surface area contributed by atoms with E-state index in [2.05, 4.69) is 15.6 Å². The number of carbonyl (C=O) groups is 1. The van der Waals surface area contributed by atoms with Crippen LogP contribution in [0.3, 0.4) is 0 Å². The minimum atomic E-state index is -0.0409. The third kappa shape index (κ3) is 4.99. The Morgan fingerprint density at radius 2 is 2.10 bits per heavy atom. The molecule has 0 fully saturated rings. The molecule has 2 rings (SSSR count). The summed E-state index contributed by atoms with van der Waals surface area (Å²) in [7, 11) is 0. The highest BCUT2D eigenvalue weighted by Gasteiger charge is 2.02. The van der Waals surface area contributed by atoms with Gasteiger partial charge in [0, 0.05) is 36.4 Å². The molecule has 2 N–H and O–H groups in total. The molecule has 0 bridgehead atoms. The highest BCUT2D eigenvalue weighted by Crippen LogP contribution is 2.14. The highest BCUT2D eigenvalue weighted by molar-refractivity contribution is 6.30. The van der Waals surface area contributed by atoms with Crippen LogP contribution >= 0.6 is 11.6 Å². The Morgan fingerprint density at radius 1 is 1.20 bits per heavy atom. The van der Waals surface area contributed by atoms with Crippen molar-refractivity contribution in [1.82, 2.24) is 10.3 Å². The van der Waals surface area contributed by atoms with Crippen LogP contribution in [0.2, 0.25) is 5.02 Å². The Hall–Kier alpha value is -1.91. The first-order valence-electron chi connectivity index (χ1n) is 6.40. The molecule has 1 aromatic carbocycles. The van der Waals surface area contributed by atoms with Crippen molar-refractivity contribution in [2.45, 2.75) is 13.0 Å². The summed E-state index contributed by atoms with van der Waals surface area (Å²) in [4.78, 5) is 15.9. The van der Waals surface area contributed by atoms with Crippen molar-refractivity contribution >= 4 is 23.2 Å². The summed E-state index contributed by atoms with van der Waals surface area (Å²) in [6, 6.07) is 12.9. The number of amides is 1. The minimum absolute atomic E-state index is 0.0409. The Morgan fingerprint density at radius 3 is 2.85 bits per heavy atom. The van der Waals surface area contributed by atoms with Crippen LogP contribution in [0.4, 0.5) is 5.69 Å². The normalized spacial score (nSPS) is 10.2. The van der Waals surface area contributed by atoms with Crippen LogP contribution in [0.5, 0.6) is 0 Å². The zero-order valence-electron chi connectivity index (χ0n) is 11.0. The van der Waals surface area contributed by atoms with Crippen molar-refractivity contribution in [2.24, 2.45) is 0 Å². The van der Waals surface area contributed by atoms with E-state index >= 15 is 0 Å². The maximum Gasteiger partial charge on any atom is 0.225 e. The quantitative estimate of drug-likeness (QED) is 0.804. The topological polar surface area (TPSA) is 54.0 Å². The molecule has 1 aromatic heterocycles. The number of aromatic nitrogens is 1. The van der Waals surface area contributed by atoms with Gasteiger partial charge in [-0.15, -0.1) is 0 Å². The fourth-order valence-corrected chi connectivity index (χ4v) is 1.90. The van der Waals surface area contributed by atoms with Crippen molar-refractivity contribution in [3.8, 4) is 0 Å². The van der Waals surface area contributed by atoms with Gasteiger partial charge in [-0.2, -0.15) is 0 Å². The molecule has 0 unspecified atom stereocenters. The van der Waals surface area contributed by atoms with E-state index in [-0.39, 0.29) is 5.91 Å². The first-order valence-corrected chi connectivity index (χ1v) is 6.78. The zero-order valence-corrected chi connectivity index (χ0v) is 11.7. The number of rotatable bonds is 6. The van der Waals surface area contributed by atoms with Gasteiger partial charge in [-0.05, 0) is 30.3 Å². The molecule has 20 heavy (non-hydrogen) atoms. The van der Waals surface area contributed by atoms with Crippen molar-refractivity contribution < 1.29 is 4.79 Å². The van der Waals surface area contributed by atoms with Gasteiger partial charge in [-0.3, -0.25) is 9.78 Å². The molecule has 0 aliphatic heterocycles. The number of nitrogens with zero attached hydrogens (tertiary/aromatic N) is 1. The number of hydrogen-bond donors (Lipinski definition) is 2. The predicted molar refractivity (Wildman–Crippen MR) is 80.6 cm³/mol. The maximum atomic E-state index is 11.7. The van der Waals surface area contributed by atoms with E-state index in [1.165, 1.54) is 0 Å². The SMILES string of the molecule is O=C(CCNCc1ccccn1)Nc1cccc(Cl)c1. The first-order chi connectivity index (χ1) is 9.74. The van der Waals surface area contributed by atoms with E-state index in [0.717, 1.165) is 5.69 Å². The minimum Gasteiger partial charge on any atom is -0.326 e. The standard InChI is InChI=1S/C15H16ClN3O/c16-12-4-3-6-13(10-12)19-15(20)7-9-17-11-14-5-1-2-8-18-14/h1-6,8,10,17H,7,9,11H2,(H,19,20). The smallest absolute Gasteiger partial charge is 0.225 e. The van der Waals surface area contributed by atoms with E-state index in [4.69, 9.17) is 11.6 Å². The highest BCUT2D eigenvalue weighted by atomic mass is 35.5. The van der Waals surface area contributed by atoms with E-state index < -0.39 is 0 Å². The van der Waals surface area contributed by atoms with Gasteiger partial charge < -0.3 is 10.6 Å². The largest absolute Gasteiger partial charge is 0.326 e. The predicted octanol–water partition coefficient (Wildman–Crippen LogP) is 2.85. The fraction of sp³-hybridized carbons (Fsp3) is 0.200. The Balaban J connectivity index is 1.68. The number of nitrogens with one attached hydrogen (secondary N) is 2. The first kappa shape index (κ1) is 14.5. The van der Waals surface area contributed by atoms with Crippen LogP contribution in [0.15, 0.2) is 48.7 Å². The van der Waals surface area contributed by atoms with Gasteiger partial charge in [0.15, 0.2) is 0 Å². The Bertz CT molecular complexity index is 560. The zero-order chi connectivity index (χ0) is 14.2. The van der Waals surface area contributed by atoms with Crippen LogP contribution in [-0.4, -0.2) is 17.4 Å². The molecular weight excluding hydrogens is 274 g/mol. The van der Waals surface area contributed by atoms with E-state index in [9.17, 15) is 4.79 Å². The molecular formula is C15H16ClN3O. The molecule has 0 atom stereocenters. The van der Waals surface area contributed by atoms with Gasteiger partial charge in [0.25, 0.3) is 0 Å². The summed E-state index contributed by atoms with van der Waals surface area (Å²) in [5.74, 6) is -0.0409. The molecule has 0 spiro atoms. The second-order valence-electron chi connectivity index (χ2n) is 4.31. The number of pyridine rings is 1. The Labute approximate surface area is 123 Å². The molecule has 0 aliphatic rings. The molecule has 104 valence electrons. The fourth-order valence-electron chi connectivity index (χ4n) is 1.71. The van der Waals surface area contributed by atoms with Crippen LogP contribution in [0.25, 0.3) is 0 Å². The van der Waals surface area contributed by atoms with Crippen molar-refractivity contribution in [3.05, 3.63) is 59.4 Å². The third-order valence-electron chi connectivity index (χ3n) is 2.67. The van der Waals surface area contributed by atoms with Crippen LogP contribution in [0.1, 0.15) is 12.1 Å².